The van der Waals surface area contributed by atoms with Crippen LogP contribution in [0.15, 0.2) is 4.99 Å². The van der Waals surface area contributed by atoms with Crippen molar-refractivity contribution in [1.82, 2.24) is 0 Å². The second-order valence-electron chi connectivity index (χ2n) is 4.44. The minimum atomic E-state index is -1.07. The van der Waals surface area contributed by atoms with Gasteiger partial charge >= 0.3 is 0 Å². The van der Waals surface area contributed by atoms with Crippen LogP contribution in [0.5, 0.6) is 0 Å². The Kier molecular flexibility index (Phi) is 3.56. The summed E-state index contributed by atoms with van der Waals surface area (Å²) in [5.41, 5.74) is -0.284. The van der Waals surface area contributed by atoms with Crippen molar-refractivity contribution in [2.75, 3.05) is 6.61 Å². The van der Waals surface area contributed by atoms with Gasteiger partial charge in [-0.25, -0.2) is 0 Å². The van der Waals surface area contributed by atoms with E-state index in [9.17, 15) is 10.2 Å². The second kappa shape index (κ2) is 4.62. The molecule has 1 saturated heterocycles. The van der Waals surface area contributed by atoms with Gasteiger partial charge in [0.1, 0.15) is 29.8 Å². The summed E-state index contributed by atoms with van der Waals surface area (Å²) >= 11 is 1.47. The molecule has 2 aliphatic rings. The third-order valence-electron chi connectivity index (χ3n) is 2.86. The average molecular weight is 247 g/mol. The topological polar surface area (TPSA) is 82.3 Å². The maximum atomic E-state index is 9.89. The Morgan fingerprint density at radius 2 is 2.06 bits per heavy atom. The molecule has 0 aliphatic carbocycles. The summed E-state index contributed by atoms with van der Waals surface area (Å²) in [6, 6.07) is -0.416. The van der Waals surface area contributed by atoms with E-state index >= 15 is 0 Å². The van der Waals surface area contributed by atoms with Crippen LogP contribution >= 0.6 is 11.8 Å². The highest BCUT2D eigenvalue weighted by Gasteiger charge is 2.47. The van der Waals surface area contributed by atoms with E-state index < -0.39 is 24.4 Å². The van der Waals surface area contributed by atoms with E-state index in [0.29, 0.717) is 0 Å². The molecule has 0 radical (unpaired) electrons. The van der Waals surface area contributed by atoms with E-state index in [4.69, 9.17) is 9.84 Å². The summed E-state index contributed by atoms with van der Waals surface area (Å²) in [7, 11) is 0. The number of rotatable bonds is 2. The minimum absolute atomic E-state index is 0.284. The van der Waals surface area contributed by atoms with E-state index in [1.165, 1.54) is 11.8 Å². The Morgan fingerprint density at radius 3 is 2.62 bits per heavy atom. The summed E-state index contributed by atoms with van der Waals surface area (Å²) in [6.07, 6.45) is -2.74. The van der Waals surface area contributed by atoms with Crippen LogP contribution in [-0.4, -0.2) is 56.8 Å². The first kappa shape index (κ1) is 12.3. The van der Waals surface area contributed by atoms with Gasteiger partial charge in [-0.05, 0) is 0 Å². The average Bonchev–Trinajstić information content (AvgIpc) is 2.67. The molecule has 0 saturated carbocycles. The Bertz CT molecular complexity index is 297. The fourth-order valence-electron chi connectivity index (χ4n) is 1.88. The van der Waals surface area contributed by atoms with Crippen LogP contribution in [-0.2, 0) is 4.74 Å². The summed E-state index contributed by atoms with van der Waals surface area (Å²) in [6.45, 7) is 3.75. The Hall–Kier alpha value is -0.140. The predicted octanol–water partition coefficient (Wildman–Crippen LogP) is -0.405. The number of fused-ring (bicyclic) bond motifs is 1. The molecule has 2 unspecified atom stereocenters. The normalized spacial score (nSPS) is 43.4. The van der Waals surface area contributed by atoms with Crippen LogP contribution in [0.2, 0.25) is 0 Å². The molecule has 6 heteroatoms. The number of hydrogen-bond donors (Lipinski definition) is 3. The van der Waals surface area contributed by atoms with E-state index in [0.717, 1.165) is 5.04 Å². The molecular formula is C10H17NO4S. The van der Waals surface area contributed by atoms with Gasteiger partial charge in [-0.2, -0.15) is 0 Å². The molecule has 5 nitrogen and oxygen atoms in total. The summed E-state index contributed by atoms with van der Waals surface area (Å²) < 4.78 is 5.51. The minimum Gasteiger partial charge on any atom is -0.394 e. The van der Waals surface area contributed by atoms with Crippen LogP contribution < -0.4 is 0 Å². The van der Waals surface area contributed by atoms with E-state index in [1.807, 2.05) is 13.8 Å². The lowest BCUT2D eigenvalue weighted by atomic mass is 9.99. The first-order valence-corrected chi connectivity index (χ1v) is 6.29. The molecule has 3 N–H and O–H groups in total. The smallest absolute Gasteiger partial charge is 0.134 e. The largest absolute Gasteiger partial charge is 0.394 e. The Morgan fingerprint density at radius 1 is 1.38 bits per heavy atom. The third kappa shape index (κ3) is 2.00. The van der Waals surface area contributed by atoms with Crippen LogP contribution in [0, 0.1) is 5.92 Å². The Balaban J connectivity index is 2.14. The fraction of sp³-hybridized carbons (Fsp3) is 0.900. The summed E-state index contributed by atoms with van der Waals surface area (Å²) in [5, 5.41) is 29.5. The van der Waals surface area contributed by atoms with E-state index in [-0.39, 0.29) is 18.0 Å². The van der Waals surface area contributed by atoms with Crippen LogP contribution in [0.3, 0.4) is 0 Å². The number of hydrogen-bond acceptors (Lipinski definition) is 6. The van der Waals surface area contributed by atoms with Gasteiger partial charge in [0.25, 0.3) is 0 Å². The first-order valence-electron chi connectivity index (χ1n) is 5.41. The van der Waals surface area contributed by atoms with Gasteiger partial charge in [-0.3, -0.25) is 4.99 Å². The molecule has 1 fully saturated rings. The molecular weight excluding hydrogens is 230 g/mol. The molecule has 0 aromatic rings. The highest BCUT2D eigenvalue weighted by atomic mass is 32.2. The van der Waals surface area contributed by atoms with Gasteiger partial charge in [0.15, 0.2) is 0 Å². The molecule has 2 rings (SSSR count). The Labute approximate surface area is 98.5 Å². The molecule has 0 bridgehead atoms. The number of aliphatic imine (C=N–C) groups is 1. The molecule has 92 valence electrons. The lowest BCUT2D eigenvalue weighted by molar-refractivity contribution is -0.164. The van der Waals surface area contributed by atoms with Crippen molar-refractivity contribution in [2.24, 2.45) is 10.9 Å². The molecule has 5 atom stereocenters. The lowest BCUT2D eigenvalue weighted by Gasteiger charge is -2.37. The predicted molar refractivity (Wildman–Crippen MR) is 61.4 cm³/mol. The monoisotopic (exact) mass is 247 g/mol. The molecule has 0 amide bonds. The van der Waals surface area contributed by atoms with Crippen molar-refractivity contribution < 1.29 is 20.1 Å². The number of ether oxygens (including phenoxy) is 1. The van der Waals surface area contributed by atoms with Gasteiger partial charge in [-0.15, -0.1) is 0 Å². The van der Waals surface area contributed by atoms with E-state index in [2.05, 4.69) is 4.99 Å². The zero-order valence-corrected chi connectivity index (χ0v) is 10.1. The van der Waals surface area contributed by atoms with Crippen molar-refractivity contribution in [3.63, 3.8) is 0 Å². The maximum Gasteiger partial charge on any atom is 0.134 e. The third-order valence-corrected chi connectivity index (χ3v) is 4.30. The number of nitrogens with zero attached hydrogens (tertiary/aromatic N) is 1. The van der Waals surface area contributed by atoms with Crippen molar-refractivity contribution in [3.05, 3.63) is 0 Å². The lowest BCUT2D eigenvalue weighted by Crippen LogP contribution is -2.55. The van der Waals surface area contributed by atoms with E-state index in [1.54, 1.807) is 0 Å². The zero-order valence-electron chi connectivity index (χ0n) is 9.28. The second-order valence-corrected chi connectivity index (χ2v) is 5.56. The highest BCUT2D eigenvalue weighted by molar-refractivity contribution is 8.14. The zero-order chi connectivity index (χ0) is 11.9. The number of aliphatic hydroxyl groups is 3. The van der Waals surface area contributed by atoms with Gasteiger partial charge < -0.3 is 20.1 Å². The first-order chi connectivity index (χ1) is 7.54. The maximum absolute atomic E-state index is 9.89. The summed E-state index contributed by atoms with van der Waals surface area (Å²) in [5.74, 6) is 0.288. The molecule has 0 spiro atoms. The van der Waals surface area contributed by atoms with Gasteiger partial charge in [0.05, 0.1) is 11.7 Å². The van der Waals surface area contributed by atoms with Gasteiger partial charge in [0, 0.05) is 5.92 Å². The van der Waals surface area contributed by atoms with Crippen LogP contribution in [0.1, 0.15) is 13.8 Å². The molecule has 0 aromatic carbocycles. The van der Waals surface area contributed by atoms with Crippen LogP contribution in [0.4, 0.5) is 0 Å². The number of aliphatic hydroxyl groups excluding tert-OH is 3. The number of thioether (sulfide) groups is 1. The van der Waals surface area contributed by atoms with Gasteiger partial charge in [-0.1, -0.05) is 25.6 Å². The standard InChI is InChI=1S/C10H17NO4S/c1-4(2)9-11-6-8(14)7(13)5(3-12)15-10(6)16-9/h4-8,10,12-14H,3H2,1-2H3/t5-,6?,7-,8-,10?/m1/s1. The van der Waals surface area contributed by atoms with Crippen molar-refractivity contribution in [3.8, 4) is 0 Å². The molecule has 2 heterocycles. The fourth-order valence-corrected chi connectivity index (χ4v) is 3.14. The van der Waals surface area contributed by atoms with Crippen LogP contribution in [0.25, 0.3) is 0 Å². The molecule has 16 heavy (non-hydrogen) atoms. The molecule has 2 aliphatic heterocycles. The van der Waals surface area contributed by atoms with Gasteiger partial charge in [0.2, 0.25) is 0 Å². The quantitative estimate of drug-likeness (QED) is 0.618. The summed E-state index contributed by atoms with van der Waals surface area (Å²) in [4.78, 5) is 4.37. The molecule has 0 aromatic heterocycles. The highest BCUT2D eigenvalue weighted by Crippen LogP contribution is 2.38. The van der Waals surface area contributed by atoms with Crippen molar-refractivity contribution >= 4 is 16.8 Å². The van der Waals surface area contributed by atoms with Crippen molar-refractivity contribution in [2.45, 2.75) is 43.6 Å². The van der Waals surface area contributed by atoms with Crippen molar-refractivity contribution in [1.29, 1.82) is 0 Å². The SMILES string of the molecule is CC(C)C1=NC2C(O[C@H](CO)[C@@H](O)[C@@H]2O)S1.